The Kier molecular flexibility index (Phi) is 4.66. The van der Waals surface area contributed by atoms with Crippen LogP contribution in [0.15, 0.2) is 39.6 Å². The number of H-pyrrole nitrogens is 1. The topological polar surface area (TPSA) is 92.4 Å². The Hall–Kier alpha value is -2.72. The third-order valence-corrected chi connectivity index (χ3v) is 5.70. The summed E-state index contributed by atoms with van der Waals surface area (Å²) in [7, 11) is 0. The van der Waals surface area contributed by atoms with Crippen LogP contribution in [-0.2, 0) is 9.53 Å². The van der Waals surface area contributed by atoms with Crippen molar-refractivity contribution in [2.75, 3.05) is 18.9 Å². The van der Waals surface area contributed by atoms with Crippen LogP contribution >= 0.6 is 23.1 Å². The maximum Gasteiger partial charge on any atom is 0.416 e. The van der Waals surface area contributed by atoms with Crippen LogP contribution in [0.3, 0.4) is 0 Å². The number of nitrogens with zero attached hydrogens (tertiary/aromatic N) is 2. The number of carbonyl (C=O) groups excluding carboxylic acids is 2. The predicted molar refractivity (Wildman–Crippen MR) is 99.4 cm³/mol. The highest BCUT2D eigenvalue weighted by atomic mass is 32.2. The molecule has 3 heterocycles. The van der Waals surface area contributed by atoms with E-state index in [0.29, 0.717) is 20.9 Å². The number of hydrogen-bond acceptors (Lipinski definition) is 7. The molecule has 27 heavy (non-hydrogen) atoms. The summed E-state index contributed by atoms with van der Waals surface area (Å²) in [6.45, 7) is 0.421. The summed E-state index contributed by atoms with van der Waals surface area (Å²) in [6, 6.07) is 5.87. The lowest BCUT2D eigenvalue weighted by Crippen LogP contribution is -2.33. The summed E-state index contributed by atoms with van der Waals surface area (Å²) < 4.78 is 17.8. The monoisotopic (exact) mass is 405 g/mol. The van der Waals surface area contributed by atoms with Gasteiger partial charge in [-0.2, -0.15) is 0 Å². The van der Waals surface area contributed by atoms with Crippen molar-refractivity contribution in [3.05, 3.63) is 45.8 Å². The average molecular weight is 405 g/mol. The molecule has 3 aromatic rings. The van der Waals surface area contributed by atoms with Gasteiger partial charge >= 0.3 is 6.09 Å². The number of rotatable bonds is 4. The Morgan fingerprint density at radius 2 is 2.11 bits per heavy atom. The molecule has 1 aliphatic rings. The Labute approximate surface area is 160 Å². The highest BCUT2D eigenvalue weighted by Crippen LogP contribution is 2.31. The number of ether oxygens (including phenoxy) is 1. The molecule has 7 nitrogen and oxygen atoms in total. The first-order valence-electron chi connectivity index (χ1n) is 7.90. The first-order chi connectivity index (χ1) is 13.0. The fraction of sp³-hybridized carbons (Fsp3) is 0.176. The van der Waals surface area contributed by atoms with Gasteiger partial charge in [0.25, 0.3) is 5.56 Å². The van der Waals surface area contributed by atoms with Gasteiger partial charge in [-0.3, -0.25) is 9.59 Å². The van der Waals surface area contributed by atoms with Crippen molar-refractivity contribution in [1.29, 1.82) is 0 Å². The van der Waals surface area contributed by atoms with E-state index in [0.717, 1.165) is 22.2 Å². The average Bonchev–Trinajstić information content (AvgIpc) is 3.27. The summed E-state index contributed by atoms with van der Waals surface area (Å²) in [5, 5.41) is 2.51. The van der Waals surface area contributed by atoms with Crippen LogP contribution < -0.4 is 5.56 Å². The number of fused-ring (bicyclic) bond motifs is 1. The molecule has 10 heteroatoms. The first-order valence-corrected chi connectivity index (χ1v) is 9.77. The summed E-state index contributed by atoms with van der Waals surface area (Å²) in [5.41, 5.74) is 1.06. The number of halogens is 1. The maximum absolute atomic E-state index is 13.1. The molecule has 0 saturated carbocycles. The fourth-order valence-corrected chi connectivity index (χ4v) is 4.41. The SMILES string of the molecule is O=C(CSc1nc2scc(-c3ccc(F)cc3)c2c(=O)[nH]1)N1CCOC1=O. The Morgan fingerprint density at radius 1 is 1.33 bits per heavy atom. The first kappa shape index (κ1) is 17.7. The van der Waals surface area contributed by atoms with E-state index in [1.165, 1.54) is 23.5 Å². The molecular formula is C17H12FN3O4S2. The number of aromatic nitrogens is 2. The zero-order valence-electron chi connectivity index (χ0n) is 13.7. The number of benzene rings is 1. The highest BCUT2D eigenvalue weighted by Gasteiger charge is 2.28. The number of thiophene rings is 1. The molecule has 0 spiro atoms. The van der Waals surface area contributed by atoms with Crippen molar-refractivity contribution in [2.45, 2.75) is 5.16 Å². The molecule has 1 aromatic carbocycles. The Balaban J connectivity index is 1.58. The van der Waals surface area contributed by atoms with Gasteiger partial charge in [0, 0.05) is 10.9 Å². The molecule has 0 radical (unpaired) electrons. The molecule has 1 saturated heterocycles. The lowest BCUT2D eigenvalue weighted by atomic mass is 10.1. The van der Waals surface area contributed by atoms with Crippen LogP contribution in [0.1, 0.15) is 0 Å². The van der Waals surface area contributed by atoms with E-state index in [4.69, 9.17) is 4.74 Å². The third-order valence-electron chi connectivity index (χ3n) is 3.97. The van der Waals surface area contributed by atoms with Gasteiger partial charge in [-0.05, 0) is 17.7 Å². The molecule has 0 unspecified atom stereocenters. The number of amides is 2. The van der Waals surface area contributed by atoms with Crippen molar-refractivity contribution in [3.63, 3.8) is 0 Å². The number of nitrogens with one attached hydrogen (secondary N) is 1. The van der Waals surface area contributed by atoms with Crippen LogP contribution in [0.4, 0.5) is 9.18 Å². The molecule has 138 valence electrons. The Bertz CT molecular complexity index is 1090. The van der Waals surface area contributed by atoms with Crippen LogP contribution in [-0.4, -0.2) is 45.8 Å². The van der Waals surface area contributed by atoms with Gasteiger partial charge < -0.3 is 9.72 Å². The minimum Gasteiger partial charge on any atom is -0.447 e. The third kappa shape index (κ3) is 3.45. The molecule has 1 fully saturated rings. The maximum atomic E-state index is 13.1. The minimum absolute atomic E-state index is 0.0419. The van der Waals surface area contributed by atoms with Gasteiger partial charge in [0.05, 0.1) is 17.7 Å². The number of thioether (sulfide) groups is 1. The highest BCUT2D eigenvalue weighted by molar-refractivity contribution is 7.99. The van der Waals surface area contributed by atoms with Crippen LogP contribution in [0, 0.1) is 5.82 Å². The molecule has 0 aliphatic carbocycles. The molecule has 4 rings (SSSR count). The molecule has 1 N–H and O–H groups in total. The van der Waals surface area contributed by atoms with E-state index < -0.39 is 12.0 Å². The molecular weight excluding hydrogens is 393 g/mol. The number of imide groups is 1. The van der Waals surface area contributed by atoms with E-state index in [2.05, 4.69) is 9.97 Å². The lowest BCUT2D eigenvalue weighted by Gasteiger charge is -2.09. The standard InChI is InChI=1S/C17H12FN3O4S2/c18-10-3-1-9(2-4-10)11-7-26-15-13(11)14(23)19-16(20-15)27-8-12(22)21-5-6-25-17(21)24/h1-4,7H,5-6,8H2,(H,19,20,23). The molecule has 0 bridgehead atoms. The second-order valence-electron chi connectivity index (χ2n) is 5.66. The van der Waals surface area contributed by atoms with Crippen molar-refractivity contribution in [2.24, 2.45) is 0 Å². The van der Waals surface area contributed by atoms with Gasteiger partial charge in [-0.25, -0.2) is 19.1 Å². The predicted octanol–water partition coefficient (Wildman–Crippen LogP) is 2.86. The molecule has 1 aliphatic heterocycles. The van der Waals surface area contributed by atoms with Crippen LogP contribution in [0.5, 0.6) is 0 Å². The largest absolute Gasteiger partial charge is 0.447 e. The zero-order valence-corrected chi connectivity index (χ0v) is 15.4. The van der Waals surface area contributed by atoms with Gasteiger partial charge in [0.2, 0.25) is 5.91 Å². The second kappa shape index (κ2) is 7.12. The summed E-state index contributed by atoms with van der Waals surface area (Å²) in [5.74, 6) is -0.793. The smallest absolute Gasteiger partial charge is 0.416 e. The molecule has 0 atom stereocenters. The van der Waals surface area contributed by atoms with Crippen molar-refractivity contribution in [1.82, 2.24) is 14.9 Å². The number of hydrogen-bond donors (Lipinski definition) is 1. The van der Waals surface area contributed by atoms with Crippen molar-refractivity contribution >= 4 is 45.3 Å². The summed E-state index contributed by atoms with van der Waals surface area (Å²) in [4.78, 5) is 44.6. The van der Waals surface area contributed by atoms with E-state index in [1.54, 1.807) is 17.5 Å². The number of cyclic esters (lactones) is 1. The number of carbonyl (C=O) groups is 2. The number of aromatic amines is 1. The van der Waals surface area contributed by atoms with Gasteiger partial charge in [-0.1, -0.05) is 23.9 Å². The minimum atomic E-state index is -0.653. The molecule has 2 amide bonds. The Morgan fingerprint density at radius 3 is 2.81 bits per heavy atom. The summed E-state index contributed by atoms with van der Waals surface area (Å²) in [6.07, 6.45) is -0.653. The second-order valence-corrected chi connectivity index (χ2v) is 7.48. The van der Waals surface area contributed by atoms with Gasteiger partial charge in [0.15, 0.2) is 5.16 Å². The van der Waals surface area contributed by atoms with Crippen LogP contribution in [0.2, 0.25) is 0 Å². The summed E-state index contributed by atoms with van der Waals surface area (Å²) >= 11 is 2.34. The lowest BCUT2D eigenvalue weighted by molar-refractivity contribution is -0.125. The van der Waals surface area contributed by atoms with E-state index >= 15 is 0 Å². The van der Waals surface area contributed by atoms with Crippen LogP contribution in [0.25, 0.3) is 21.3 Å². The van der Waals surface area contributed by atoms with Crippen molar-refractivity contribution < 1.29 is 18.7 Å². The van der Waals surface area contributed by atoms with Crippen molar-refractivity contribution in [3.8, 4) is 11.1 Å². The molecule has 2 aromatic heterocycles. The van der Waals surface area contributed by atoms with Gasteiger partial charge in [0.1, 0.15) is 17.3 Å². The normalized spacial score (nSPS) is 14.0. The quantitative estimate of drug-likeness (QED) is 0.530. The van der Waals surface area contributed by atoms with E-state index in [-0.39, 0.29) is 30.3 Å². The van der Waals surface area contributed by atoms with E-state index in [9.17, 15) is 18.8 Å². The zero-order chi connectivity index (χ0) is 19.0. The van der Waals surface area contributed by atoms with Gasteiger partial charge in [-0.15, -0.1) is 11.3 Å². The van der Waals surface area contributed by atoms with E-state index in [1.807, 2.05) is 0 Å². The fourth-order valence-electron chi connectivity index (χ4n) is 2.67.